The second-order valence-corrected chi connectivity index (χ2v) is 5.99. The van der Waals surface area contributed by atoms with Crippen LogP contribution in [0.25, 0.3) is 0 Å². The van der Waals surface area contributed by atoms with Gasteiger partial charge in [-0.1, -0.05) is 29.8 Å². The molecule has 1 amide bonds. The maximum absolute atomic E-state index is 12.1. The summed E-state index contributed by atoms with van der Waals surface area (Å²) >= 11 is 0. The molecule has 0 aliphatic rings. The predicted octanol–water partition coefficient (Wildman–Crippen LogP) is 3.57. The molecule has 0 heterocycles. The van der Waals surface area contributed by atoms with Crippen molar-refractivity contribution in [1.29, 1.82) is 0 Å². The van der Waals surface area contributed by atoms with Crippen molar-refractivity contribution in [2.24, 2.45) is 0 Å². The number of rotatable bonds is 7. The average molecular weight is 327 g/mol. The van der Waals surface area contributed by atoms with Gasteiger partial charge >= 0.3 is 0 Å². The summed E-state index contributed by atoms with van der Waals surface area (Å²) in [6.45, 7) is 8.62. The van der Waals surface area contributed by atoms with Crippen molar-refractivity contribution in [3.05, 3.63) is 59.2 Å². The Hall–Kier alpha value is -2.49. The van der Waals surface area contributed by atoms with E-state index in [1.54, 1.807) is 6.92 Å². The molecule has 24 heavy (non-hydrogen) atoms. The van der Waals surface area contributed by atoms with Crippen molar-refractivity contribution < 1.29 is 14.3 Å². The molecule has 128 valence electrons. The van der Waals surface area contributed by atoms with E-state index in [4.69, 9.17) is 9.47 Å². The lowest BCUT2D eigenvalue weighted by Gasteiger charge is -2.16. The van der Waals surface area contributed by atoms with E-state index in [-0.39, 0.29) is 5.91 Å². The van der Waals surface area contributed by atoms with Gasteiger partial charge in [0, 0.05) is 0 Å². The number of ether oxygens (including phenoxy) is 2. The Kier molecular flexibility index (Phi) is 6.24. The largest absolute Gasteiger partial charge is 0.492 e. The van der Waals surface area contributed by atoms with Crippen molar-refractivity contribution in [1.82, 2.24) is 5.32 Å². The summed E-state index contributed by atoms with van der Waals surface area (Å²) in [5.41, 5.74) is 3.34. The number of hydrogen-bond donors (Lipinski definition) is 1. The van der Waals surface area contributed by atoms with Gasteiger partial charge in [-0.25, -0.2) is 0 Å². The summed E-state index contributed by atoms with van der Waals surface area (Å²) < 4.78 is 11.4. The summed E-state index contributed by atoms with van der Waals surface area (Å²) in [6.07, 6.45) is -0.551. The molecule has 0 radical (unpaired) electrons. The van der Waals surface area contributed by atoms with Crippen LogP contribution in [0.15, 0.2) is 42.5 Å². The van der Waals surface area contributed by atoms with Crippen LogP contribution in [0.1, 0.15) is 23.6 Å². The number of benzene rings is 2. The van der Waals surface area contributed by atoms with Crippen LogP contribution in [0.3, 0.4) is 0 Å². The second-order valence-electron chi connectivity index (χ2n) is 5.99. The van der Waals surface area contributed by atoms with Gasteiger partial charge in [0.25, 0.3) is 5.91 Å². The Morgan fingerprint density at radius 1 is 1.08 bits per heavy atom. The van der Waals surface area contributed by atoms with E-state index >= 15 is 0 Å². The molecule has 0 unspecified atom stereocenters. The molecule has 0 saturated carbocycles. The zero-order valence-electron chi connectivity index (χ0n) is 14.8. The van der Waals surface area contributed by atoms with Gasteiger partial charge in [0.15, 0.2) is 6.10 Å². The lowest BCUT2D eigenvalue weighted by molar-refractivity contribution is -0.127. The first-order valence-electron chi connectivity index (χ1n) is 8.17. The molecule has 0 spiro atoms. The highest BCUT2D eigenvalue weighted by Gasteiger charge is 2.15. The van der Waals surface area contributed by atoms with Crippen LogP contribution in [-0.4, -0.2) is 25.2 Å². The average Bonchev–Trinajstić information content (AvgIpc) is 2.54. The summed E-state index contributed by atoms with van der Waals surface area (Å²) in [7, 11) is 0. The maximum Gasteiger partial charge on any atom is 0.260 e. The number of amides is 1. The zero-order chi connectivity index (χ0) is 17.5. The van der Waals surface area contributed by atoms with Crippen molar-refractivity contribution in [3.63, 3.8) is 0 Å². The standard InChI is InChI=1S/C20H25NO3/c1-14-6-5-7-18(13-14)23-11-10-21-20(22)17(4)24-19-9-8-15(2)12-16(19)3/h5-9,12-13,17H,10-11H2,1-4H3,(H,21,22)/t17-/m0/s1. The summed E-state index contributed by atoms with van der Waals surface area (Å²) in [5, 5.41) is 2.83. The minimum atomic E-state index is -0.551. The Bertz CT molecular complexity index is 697. The Labute approximate surface area is 143 Å². The lowest BCUT2D eigenvalue weighted by Crippen LogP contribution is -2.38. The van der Waals surface area contributed by atoms with E-state index in [1.165, 1.54) is 5.56 Å². The van der Waals surface area contributed by atoms with Crippen LogP contribution >= 0.6 is 0 Å². The molecular weight excluding hydrogens is 302 g/mol. The number of carbonyl (C=O) groups is 1. The number of nitrogens with one attached hydrogen (secondary N) is 1. The third-order valence-electron chi connectivity index (χ3n) is 3.66. The highest BCUT2D eigenvalue weighted by atomic mass is 16.5. The van der Waals surface area contributed by atoms with Crippen molar-refractivity contribution in [2.45, 2.75) is 33.8 Å². The van der Waals surface area contributed by atoms with Crippen molar-refractivity contribution >= 4 is 5.91 Å². The molecule has 4 nitrogen and oxygen atoms in total. The molecule has 1 N–H and O–H groups in total. The van der Waals surface area contributed by atoms with Gasteiger partial charge in [-0.3, -0.25) is 4.79 Å². The van der Waals surface area contributed by atoms with E-state index in [0.717, 1.165) is 22.6 Å². The molecule has 2 aromatic carbocycles. The highest BCUT2D eigenvalue weighted by molar-refractivity contribution is 5.80. The van der Waals surface area contributed by atoms with E-state index < -0.39 is 6.10 Å². The Balaban J connectivity index is 1.75. The van der Waals surface area contributed by atoms with E-state index in [9.17, 15) is 4.79 Å². The smallest absolute Gasteiger partial charge is 0.260 e. The van der Waals surface area contributed by atoms with E-state index in [0.29, 0.717) is 13.2 Å². The third-order valence-corrected chi connectivity index (χ3v) is 3.66. The van der Waals surface area contributed by atoms with Gasteiger partial charge in [0.2, 0.25) is 0 Å². The minimum Gasteiger partial charge on any atom is -0.492 e. The zero-order valence-corrected chi connectivity index (χ0v) is 14.8. The Morgan fingerprint density at radius 3 is 2.54 bits per heavy atom. The predicted molar refractivity (Wildman–Crippen MR) is 95.7 cm³/mol. The lowest BCUT2D eigenvalue weighted by atomic mass is 10.1. The first kappa shape index (κ1) is 17.9. The van der Waals surface area contributed by atoms with Crippen LogP contribution < -0.4 is 14.8 Å². The van der Waals surface area contributed by atoms with Crippen LogP contribution in [0.2, 0.25) is 0 Å². The molecule has 0 aromatic heterocycles. The van der Waals surface area contributed by atoms with Crippen molar-refractivity contribution in [2.75, 3.05) is 13.2 Å². The fourth-order valence-electron chi connectivity index (χ4n) is 2.37. The fourth-order valence-corrected chi connectivity index (χ4v) is 2.37. The molecular formula is C20H25NO3. The normalized spacial score (nSPS) is 11.7. The molecule has 1 atom stereocenters. The van der Waals surface area contributed by atoms with E-state index in [2.05, 4.69) is 5.32 Å². The molecule has 0 aliphatic heterocycles. The SMILES string of the molecule is Cc1cccc(OCCNC(=O)[C@H](C)Oc2ccc(C)cc2C)c1. The quantitative estimate of drug-likeness (QED) is 0.791. The van der Waals surface area contributed by atoms with Gasteiger partial charge in [0.1, 0.15) is 18.1 Å². The topological polar surface area (TPSA) is 47.6 Å². The molecule has 0 bridgehead atoms. The van der Waals surface area contributed by atoms with Crippen LogP contribution in [-0.2, 0) is 4.79 Å². The van der Waals surface area contributed by atoms with Gasteiger partial charge in [-0.2, -0.15) is 0 Å². The van der Waals surface area contributed by atoms with E-state index in [1.807, 2.05) is 63.2 Å². The fraction of sp³-hybridized carbons (Fsp3) is 0.350. The third kappa shape index (κ3) is 5.30. The first-order chi connectivity index (χ1) is 11.5. The molecule has 0 fully saturated rings. The van der Waals surface area contributed by atoms with Gasteiger partial charge in [-0.05, 0) is 57.0 Å². The number of aryl methyl sites for hydroxylation is 3. The van der Waals surface area contributed by atoms with Crippen LogP contribution in [0.5, 0.6) is 11.5 Å². The highest BCUT2D eigenvalue weighted by Crippen LogP contribution is 2.20. The molecule has 2 rings (SSSR count). The number of carbonyl (C=O) groups excluding carboxylic acids is 1. The van der Waals surface area contributed by atoms with Crippen LogP contribution in [0.4, 0.5) is 0 Å². The second kappa shape index (κ2) is 8.39. The van der Waals surface area contributed by atoms with Gasteiger partial charge < -0.3 is 14.8 Å². The summed E-state index contributed by atoms with van der Waals surface area (Å²) in [4.78, 5) is 12.1. The maximum atomic E-state index is 12.1. The Morgan fingerprint density at radius 2 is 1.83 bits per heavy atom. The molecule has 0 aliphatic carbocycles. The first-order valence-corrected chi connectivity index (χ1v) is 8.17. The minimum absolute atomic E-state index is 0.150. The number of hydrogen-bond acceptors (Lipinski definition) is 3. The molecule has 2 aromatic rings. The molecule has 0 saturated heterocycles. The summed E-state index contributed by atoms with van der Waals surface area (Å²) in [6, 6.07) is 13.7. The van der Waals surface area contributed by atoms with Gasteiger partial charge in [-0.15, -0.1) is 0 Å². The van der Waals surface area contributed by atoms with Crippen molar-refractivity contribution in [3.8, 4) is 11.5 Å². The van der Waals surface area contributed by atoms with Gasteiger partial charge in [0.05, 0.1) is 6.54 Å². The monoisotopic (exact) mass is 327 g/mol. The summed E-state index contributed by atoms with van der Waals surface area (Å²) in [5.74, 6) is 1.39. The molecule has 4 heteroatoms. The van der Waals surface area contributed by atoms with Crippen LogP contribution in [0, 0.1) is 20.8 Å².